The van der Waals surface area contributed by atoms with Gasteiger partial charge in [-0.3, -0.25) is 9.78 Å². The van der Waals surface area contributed by atoms with Crippen LogP contribution in [0.4, 0.5) is 0 Å². The summed E-state index contributed by atoms with van der Waals surface area (Å²) < 4.78 is 22.9. The minimum absolute atomic E-state index is 0.0168. The normalized spacial score (nSPS) is 22.8. The zero-order valence-corrected chi connectivity index (χ0v) is 11.3. The molecule has 6 nitrogen and oxygen atoms in total. The molecule has 1 saturated heterocycles. The molecule has 0 saturated carbocycles. The van der Waals surface area contributed by atoms with Gasteiger partial charge in [-0.2, -0.15) is 0 Å². The van der Waals surface area contributed by atoms with Crippen molar-refractivity contribution in [3.63, 3.8) is 0 Å². The largest absolute Gasteiger partial charge is 0.333 e. The smallest absolute Gasteiger partial charge is 0.274 e. The van der Waals surface area contributed by atoms with Gasteiger partial charge in [0.1, 0.15) is 10.8 Å². The van der Waals surface area contributed by atoms with E-state index in [4.69, 9.17) is 11.6 Å². The van der Waals surface area contributed by atoms with Gasteiger partial charge in [0.15, 0.2) is 9.84 Å². The first kappa shape index (κ1) is 13.2. The van der Waals surface area contributed by atoms with Crippen molar-refractivity contribution in [2.24, 2.45) is 0 Å². The molecular formula is C10H12ClN3O3S. The number of rotatable bonds is 1. The third-order valence-electron chi connectivity index (χ3n) is 2.76. The maximum absolute atomic E-state index is 12.1. The minimum atomic E-state index is -3.04. The van der Waals surface area contributed by atoms with Gasteiger partial charge in [0.05, 0.1) is 23.9 Å². The summed E-state index contributed by atoms with van der Waals surface area (Å²) >= 11 is 5.67. The van der Waals surface area contributed by atoms with Crippen LogP contribution >= 0.6 is 11.6 Å². The molecule has 18 heavy (non-hydrogen) atoms. The number of hydrogen-bond acceptors (Lipinski definition) is 5. The Hall–Kier alpha value is -1.21. The molecule has 0 spiro atoms. The van der Waals surface area contributed by atoms with E-state index >= 15 is 0 Å². The van der Waals surface area contributed by atoms with Crippen LogP contribution in [-0.2, 0) is 9.84 Å². The molecular weight excluding hydrogens is 278 g/mol. The number of carbonyl (C=O) groups is 1. The van der Waals surface area contributed by atoms with Gasteiger partial charge in [-0.1, -0.05) is 11.6 Å². The second-order valence-corrected chi connectivity index (χ2v) is 6.80. The van der Waals surface area contributed by atoms with Crippen LogP contribution in [-0.4, -0.2) is 53.3 Å². The fraction of sp³-hybridized carbons (Fsp3) is 0.500. The number of carbonyl (C=O) groups excluding carboxylic acids is 1. The van der Waals surface area contributed by atoms with Crippen molar-refractivity contribution in [2.75, 3.05) is 18.1 Å². The lowest BCUT2D eigenvalue weighted by Crippen LogP contribution is -2.49. The Bertz CT molecular complexity index is 575. The Kier molecular flexibility index (Phi) is 3.54. The third kappa shape index (κ3) is 2.78. The number of aromatic nitrogens is 2. The van der Waals surface area contributed by atoms with E-state index in [-0.39, 0.29) is 40.8 Å². The highest BCUT2D eigenvalue weighted by atomic mass is 35.5. The lowest BCUT2D eigenvalue weighted by Gasteiger charge is -2.32. The van der Waals surface area contributed by atoms with Crippen molar-refractivity contribution in [1.29, 1.82) is 0 Å². The van der Waals surface area contributed by atoms with Crippen molar-refractivity contribution in [1.82, 2.24) is 14.9 Å². The molecule has 1 atom stereocenters. The van der Waals surface area contributed by atoms with E-state index < -0.39 is 9.84 Å². The number of sulfone groups is 1. The van der Waals surface area contributed by atoms with Crippen LogP contribution in [0.5, 0.6) is 0 Å². The molecule has 2 heterocycles. The molecule has 0 radical (unpaired) electrons. The zero-order valence-electron chi connectivity index (χ0n) is 9.71. The molecule has 1 aromatic heterocycles. The van der Waals surface area contributed by atoms with Gasteiger partial charge in [-0.15, -0.1) is 0 Å². The zero-order chi connectivity index (χ0) is 13.3. The van der Waals surface area contributed by atoms with Crippen molar-refractivity contribution >= 4 is 27.3 Å². The number of hydrogen-bond donors (Lipinski definition) is 0. The van der Waals surface area contributed by atoms with E-state index in [0.29, 0.717) is 0 Å². The fourth-order valence-electron chi connectivity index (χ4n) is 1.89. The molecule has 0 aromatic carbocycles. The van der Waals surface area contributed by atoms with Gasteiger partial charge >= 0.3 is 0 Å². The summed E-state index contributed by atoms with van der Waals surface area (Å²) in [5, 5.41) is 0.137. The van der Waals surface area contributed by atoms with Gasteiger partial charge in [0.2, 0.25) is 0 Å². The SMILES string of the molecule is CC1CS(=O)(=O)CCN1C(=O)c1cncc(Cl)n1. The first-order valence-corrected chi connectivity index (χ1v) is 7.58. The van der Waals surface area contributed by atoms with Gasteiger partial charge in [0.25, 0.3) is 5.91 Å². The van der Waals surface area contributed by atoms with E-state index in [1.165, 1.54) is 17.3 Å². The second-order valence-electron chi connectivity index (χ2n) is 4.19. The molecule has 1 aromatic rings. The molecule has 1 unspecified atom stereocenters. The number of nitrogens with zero attached hydrogens (tertiary/aromatic N) is 3. The Morgan fingerprint density at radius 3 is 2.83 bits per heavy atom. The monoisotopic (exact) mass is 289 g/mol. The van der Waals surface area contributed by atoms with Crippen LogP contribution in [0.1, 0.15) is 17.4 Å². The predicted molar refractivity (Wildman–Crippen MR) is 66.2 cm³/mol. The van der Waals surface area contributed by atoms with Crippen LogP contribution in [0.15, 0.2) is 12.4 Å². The maximum Gasteiger partial charge on any atom is 0.274 e. The quantitative estimate of drug-likeness (QED) is 0.747. The summed E-state index contributed by atoms with van der Waals surface area (Å²) in [5.41, 5.74) is 0.133. The summed E-state index contributed by atoms with van der Waals surface area (Å²) in [6.07, 6.45) is 2.66. The van der Waals surface area contributed by atoms with E-state index in [2.05, 4.69) is 9.97 Å². The van der Waals surface area contributed by atoms with Crippen molar-refractivity contribution in [3.05, 3.63) is 23.2 Å². The maximum atomic E-state index is 12.1. The molecule has 0 aliphatic carbocycles. The van der Waals surface area contributed by atoms with Crippen molar-refractivity contribution < 1.29 is 13.2 Å². The molecule has 98 valence electrons. The van der Waals surface area contributed by atoms with Gasteiger partial charge in [-0.25, -0.2) is 13.4 Å². The van der Waals surface area contributed by atoms with Crippen LogP contribution in [0.2, 0.25) is 5.15 Å². The van der Waals surface area contributed by atoms with E-state index in [1.807, 2.05) is 0 Å². The van der Waals surface area contributed by atoms with Crippen LogP contribution < -0.4 is 0 Å². The molecule has 0 bridgehead atoms. The lowest BCUT2D eigenvalue weighted by molar-refractivity contribution is 0.0706. The molecule has 1 amide bonds. The highest BCUT2D eigenvalue weighted by molar-refractivity contribution is 7.91. The Morgan fingerprint density at radius 2 is 2.22 bits per heavy atom. The van der Waals surface area contributed by atoms with Crippen molar-refractivity contribution in [3.8, 4) is 0 Å². The Morgan fingerprint density at radius 1 is 1.50 bits per heavy atom. The summed E-state index contributed by atoms with van der Waals surface area (Å²) in [6, 6.07) is -0.364. The Labute approximate surface area is 110 Å². The number of halogens is 1. The summed E-state index contributed by atoms with van der Waals surface area (Å²) in [5.74, 6) is -0.378. The van der Waals surface area contributed by atoms with Crippen LogP contribution in [0.25, 0.3) is 0 Å². The van der Waals surface area contributed by atoms with Crippen LogP contribution in [0.3, 0.4) is 0 Å². The molecule has 1 aliphatic heterocycles. The predicted octanol–water partition coefficient (Wildman–Crippen LogP) is 0.389. The average molecular weight is 290 g/mol. The van der Waals surface area contributed by atoms with E-state index in [9.17, 15) is 13.2 Å². The van der Waals surface area contributed by atoms with E-state index in [1.54, 1.807) is 6.92 Å². The summed E-state index contributed by atoms with van der Waals surface area (Å²) in [7, 11) is -3.04. The lowest BCUT2D eigenvalue weighted by atomic mass is 10.2. The summed E-state index contributed by atoms with van der Waals surface area (Å²) in [4.78, 5) is 21.3. The first-order valence-electron chi connectivity index (χ1n) is 5.38. The van der Waals surface area contributed by atoms with E-state index in [0.717, 1.165) is 0 Å². The highest BCUT2D eigenvalue weighted by Crippen LogP contribution is 2.15. The standard InChI is InChI=1S/C10H12ClN3O3S/c1-7-6-18(16,17)3-2-14(7)10(15)8-4-12-5-9(11)13-8/h4-5,7H,2-3,6H2,1H3. The fourth-order valence-corrected chi connectivity index (χ4v) is 3.60. The average Bonchev–Trinajstić information content (AvgIpc) is 2.27. The molecule has 2 rings (SSSR count). The third-order valence-corrected chi connectivity index (χ3v) is 4.73. The second kappa shape index (κ2) is 4.81. The molecule has 1 fully saturated rings. The van der Waals surface area contributed by atoms with Crippen molar-refractivity contribution in [2.45, 2.75) is 13.0 Å². The topological polar surface area (TPSA) is 80.2 Å². The molecule has 1 aliphatic rings. The van der Waals surface area contributed by atoms with Gasteiger partial charge in [0, 0.05) is 12.6 Å². The number of amides is 1. The first-order chi connectivity index (χ1) is 8.39. The summed E-state index contributed by atoms with van der Waals surface area (Å²) in [6.45, 7) is 1.88. The van der Waals surface area contributed by atoms with Crippen LogP contribution in [0, 0.1) is 0 Å². The minimum Gasteiger partial charge on any atom is -0.333 e. The van der Waals surface area contributed by atoms with Gasteiger partial charge < -0.3 is 4.90 Å². The highest BCUT2D eigenvalue weighted by Gasteiger charge is 2.32. The Balaban J connectivity index is 2.20. The molecule has 0 N–H and O–H groups in total. The van der Waals surface area contributed by atoms with Gasteiger partial charge in [-0.05, 0) is 6.92 Å². The molecule has 8 heteroatoms.